The van der Waals surface area contributed by atoms with E-state index in [0.717, 1.165) is 0 Å². The summed E-state index contributed by atoms with van der Waals surface area (Å²) in [6.07, 6.45) is 0. The Morgan fingerprint density at radius 1 is 1.24 bits per heavy atom. The second-order valence-electron chi connectivity index (χ2n) is 3.38. The number of anilines is 1. The van der Waals surface area contributed by atoms with Crippen molar-refractivity contribution in [3.8, 4) is 6.07 Å². The summed E-state index contributed by atoms with van der Waals surface area (Å²) in [7, 11) is -3.49. The molecule has 0 heterocycles. The maximum atomic E-state index is 11.9. The Labute approximate surface area is 102 Å². The zero-order valence-corrected chi connectivity index (χ0v) is 10.7. The first-order valence-electron chi connectivity index (χ1n) is 5.31. The number of nitriles is 1. The molecule has 92 valence electrons. The molecule has 0 bridgehead atoms. The molecule has 1 aromatic rings. The van der Waals surface area contributed by atoms with Crippen LogP contribution in [0.5, 0.6) is 0 Å². The molecule has 0 amide bonds. The van der Waals surface area contributed by atoms with Crippen molar-refractivity contribution in [3.63, 3.8) is 0 Å². The first kappa shape index (κ1) is 13.5. The molecule has 0 aliphatic rings. The van der Waals surface area contributed by atoms with Crippen molar-refractivity contribution in [2.75, 3.05) is 17.8 Å². The van der Waals surface area contributed by atoms with E-state index in [1.54, 1.807) is 38.1 Å². The van der Waals surface area contributed by atoms with Crippen LogP contribution < -0.4 is 4.72 Å². The van der Waals surface area contributed by atoms with Gasteiger partial charge in [-0.25, -0.2) is 0 Å². The predicted molar refractivity (Wildman–Crippen MR) is 66.6 cm³/mol. The summed E-state index contributed by atoms with van der Waals surface area (Å²) in [4.78, 5) is 0. The number of hydrogen-bond donors (Lipinski definition) is 1. The maximum Gasteiger partial charge on any atom is 0.301 e. The highest BCUT2D eigenvalue weighted by molar-refractivity contribution is 7.90. The lowest BCUT2D eigenvalue weighted by molar-refractivity contribution is 0.449. The molecular weight excluding hydrogens is 238 g/mol. The lowest BCUT2D eigenvalue weighted by Crippen LogP contribution is -2.35. The van der Waals surface area contributed by atoms with Gasteiger partial charge in [0.1, 0.15) is 0 Å². The molecule has 6 heteroatoms. The van der Waals surface area contributed by atoms with E-state index in [1.165, 1.54) is 4.31 Å². The minimum absolute atomic E-state index is 0.419. The minimum atomic E-state index is -3.49. The van der Waals surface area contributed by atoms with Crippen LogP contribution in [0.3, 0.4) is 0 Å². The van der Waals surface area contributed by atoms with Gasteiger partial charge in [-0.3, -0.25) is 4.72 Å². The van der Waals surface area contributed by atoms with E-state index in [2.05, 4.69) is 4.72 Å². The zero-order chi connectivity index (χ0) is 12.9. The van der Waals surface area contributed by atoms with E-state index in [4.69, 9.17) is 5.26 Å². The number of nitrogens with zero attached hydrogens (tertiary/aromatic N) is 2. The van der Waals surface area contributed by atoms with E-state index in [9.17, 15) is 8.42 Å². The fourth-order valence-electron chi connectivity index (χ4n) is 1.39. The van der Waals surface area contributed by atoms with Crippen molar-refractivity contribution in [1.82, 2.24) is 4.31 Å². The number of nitrogens with one attached hydrogen (secondary N) is 1. The molecule has 0 saturated carbocycles. The highest BCUT2D eigenvalue weighted by Gasteiger charge is 2.17. The molecule has 0 unspecified atom stereocenters. The van der Waals surface area contributed by atoms with Gasteiger partial charge in [-0.2, -0.15) is 18.0 Å². The van der Waals surface area contributed by atoms with Gasteiger partial charge < -0.3 is 0 Å². The second-order valence-corrected chi connectivity index (χ2v) is 5.05. The summed E-state index contributed by atoms with van der Waals surface area (Å²) in [5.41, 5.74) is 0.951. The van der Waals surface area contributed by atoms with Gasteiger partial charge in [-0.1, -0.05) is 13.8 Å². The molecule has 1 N–H and O–H groups in total. The average Bonchev–Trinajstić information content (AvgIpc) is 2.30. The summed E-state index contributed by atoms with van der Waals surface area (Å²) in [5, 5.41) is 8.63. The van der Waals surface area contributed by atoms with Gasteiger partial charge in [0.2, 0.25) is 0 Å². The molecule has 1 aromatic carbocycles. The third-order valence-electron chi connectivity index (χ3n) is 2.31. The zero-order valence-electron chi connectivity index (χ0n) is 9.84. The molecule has 0 fully saturated rings. The van der Waals surface area contributed by atoms with Crippen LogP contribution in [0.15, 0.2) is 24.3 Å². The van der Waals surface area contributed by atoms with Crippen molar-refractivity contribution >= 4 is 15.9 Å². The molecule has 0 aliphatic heterocycles. The average molecular weight is 253 g/mol. The molecule has 0 atom stereocenters. The van der Waals surface area contributed by atoms with Gasteiger partial charge in [-0.05, 0) is 24.3 Å². The molecule has 0 aromatic heterocycles. The quantitative estimate of drug-likeness (QED) is 0.865. The molecular formula is C11H15N3O2S. The van der Waals surface area contributed by atoms with Crippen LogP contribution in [0.2, 0.25) is 0 Å². The Morgan fingerprint density at radius 2 is 1.76 bits per heavy atom. The standard InChI is InChI=1S/C11H15N3O2S/c1-3-14(4-2)17(15,16)13-11-7-5-10(9-12)6-8-11/h5-8,13H,3-4H2,1-2H3. The Hall–Kier alpha value is -1.58. The Bertz CT molecular complexity index is 499. The summed E-state index contributed by atoms with van der Waals surface area (Å²) in [6, 6.07) is 8.25. The second kappa shape index (κ2) is 5.66. The van der Waals surface area contributed by atoms with Crippen molar-refractivity contribution in [3.05, 3.63) is 29.8 Å². The Morgan fingerprint density at radius 3 is 2.18 bits per heavy atom. The summed E-state index contributed by atoms with van der Waals surface area (Å²) < 4.78 is 27.5. The summed E-state index contributed by atoms with van der Waals surface area (Å²) >= 11 is 0. The lowest BCUT2D eigenvalue weighted by atomic mass is 10.2. The van der Waals surface area contributed by atoms with Crippen molar-refractivity contribution in [2.45, 2.75) is 13.8 Å². The normalized spacial score (nSPS) is 11.2. The van der Waals surface area contributed by atoms with Gasteiger partial charge in [-0.15, -0.1) is 0 Å². The minimum Gasteiger partial charge on any atom is -0.271 e. The van der Waals surface area contributed by atoms with Gasteiger partial charge in [0, 0.05) is 18.8 Å². The Balaban J connectivity index is 2.87. The van der Waals surface area contributed by atoms with Gasteiger partial charge in [0.05, 0.1) is 11.6 Å². The van der Waals surface area contributed by atoms with Gasteiger partial charge in [0.25, 0.3) is 0 Å². The molecule has 0 saturated heterocycles. The SMILES string of the molecule is CCN(CC)S(=O)(=O)Nc1ccc(C#N)cc1. The topological polar surface area (TPSA) is 73.2 Å². The molecule has 0 radical (unpaired) electrons. The maximum absolute atomic E-state index is 11.9. The largest absolute Gasteiger partial charge is 0.301 e. The Kier molecular flexibility index (Phi) is 4.49. The molecule has 17 heavy (non-hydrogen) atoms. The van der Waals surface area contributed by atoms with Gasteiger partial charge in [0.15, 0.2) is 0 Å². The highest BCUT2D eigenvalue weighted by atomic mass is 32.2. The predicted octanol–water partition coefficient (Wildman–Crippen LogP) is 1.56. The first-order chi connectivity index (χ1) is 8.03. The fourth-order valence-corrected chi connectivity index (χ4v) is 2.63. The third-order valence-corrected chi connectivity index (χ3v) is 4.00. The number of hydrogen-bond acceptors (Lipinski definition) is 3. The molecule has 5 nitrogen and oxygen atoms in total. The van der Waals surface area contributed by atoms with Crippen LogP contribution in [-0.2, 0) is 10.2 Å². The van der Waals surface area contributed by atoms with Crippen LogP contribution in [0.1, 0.15) is 19.4 Å². The van der Waals surface area contributed by atoms with Crippen LogP contribution in [0.25, 0.3) is 0 Å². The summed E-state index contributed by atoms with van der Waals surface area (Å²) in [5.74, 6) is 0. The van der Waals surface area contributed by atoms with Crippen LogP contribution in [-0.4, -0.2) is 25.8 Å². The first-order valence-corrected chi connectivity index (χ1v) is 6.75. The number of benzene rings is 1. The van der Waals surface area contributed by atoms with Crippen molar-refractivity contribution < 1.29 is 8.42 Å². The van der Waals surface area contributed by atoms with Crippen molar-refractivity contribution in [2.24, 2.45) is 0 Å². The lowest BCUT2D eigenvalue weighted by Gasteiger charge is -2.19. The molecule has 0 aliphatic carbocycles. The highest BCUT2D eigenvalue weighted by Crippen LogP contribution is 2.12. The van der Waals surface area contributed by atoms with E-state index < -0.39 is 10.2 Å². The molecule has 1 rings (SSSR count). The van der Waals surface area contributed by atoms with Crippen molar-refractivity contribution in [1.29, 1.82) is 5.26 Å². The smallest absolute Gasteiger partial charge is 0.271 e. The van der Waals surface area contributed by atoms with E-state index in [0.29, 0.717) is 24.3 Å². The summed E-state index contributed by atoms with van der Waals surface area (Å²) in [6.45, 7) is 4.40. The fraction of sp³-hybridized carbons (Fsp3) is 0.364. The third kappa shape index (κ3) is 3.44. The van der Waals surface area contributed by atoms with E-state index in [-0.39, 0.29) is 0 Å². The molecule has 0 spiro atoms. The monoisotopic (exact) mass is 253 g/mol. The van der Waals surface area contributed by atoms with Crippen LogP contribution >= 0.6 is 0 Å². The van der Waals surface area contributed by atoms with Crippen LogP contribution in [0.4, 0.5) is 5.69 Å². The van der Waals surface area contributed by atoms with E-state index in [1.807, 2.05) is 6.07 Å². The van der Waals surface area contributed by atoms with E-state index >= 15 is 0 Å². The van der Waals surface area contributed by atoms with Crippen LogP contribution in [0, 0.1) is 11.3 Å². The number of rotatable bonds is 5. The van der Waals surface area contributed by atoms with Gasteiger partial charge >= 0.3 is 10.2 Å².